The van der Waals surface area contributed by atoms with Crippen molar-refractivity contribution in [1.29, 1.82) is 0 Å². The van der Waals surface area contributed by atoms with Gasteiger partial charge in [-0.2, -0.15) is 4.55 Å². The van der Waals surface area contributed by atoms with Crippen molar-refractivity contribution >= 4 is 11.2 Å². The molecule has 0 aromatic carbocycles. The second kappa shape index (κ2) is 3.36. The summed E-state index contributed by atoms with van der Waals surface area (Å²) in [4.78, 5) is 0. The van der Waals surface area contributed by atoms with Crippen molar-refractivity contribution in [2.24, 2.45) is 0 Å². The van der Waals surface area contributed by atoms with Gasteiger partial charge in [-0.25, -0.2) is 0 Å². The highest BCUT2D eigenvalue weighted by Gasteiger charge is 2.24. The van der Waals surface area contributed by atoms with Crippen LogP contribution in [0.1, 0.15) is 27.7 Å². The van der Waals surface area contributed by atoms with Crippen LogP contribution in [-0.2, 0) is 11.2 Å². The maximum Gasteiger partial charge on any atom is 0.148 e. The number of hydrogen-bond acceptors (Lipinski definition) is 1. The Bertz CT molecular complexity index is 53.5. The standard InChI is InChI=1S/C6H15OS/c1-5(2)8(7)6(3)4/h5-7H,1-4H3/q+1. The van der Waals surface area contributed by atoms with Crippen molar-refractivity contribution in [3.63, 3.8) is 0 Å². The van der Waals surface area contributed by atoms with Gasteiger partial charge in [-0.1, -0.05) is 0 Å². The minimum atomic E-state index is -0.373. The fraction of sp³-hybridized carbons (Fsp3) is 1.00. The van der Waals surface area contributed by atoms with Crippen LogP contribution in [-0.4, -0.2) is 15.1 Å². The van der Waals surface area contributed by atoms with Gasteiger partial charge in [-0.15, -0.1) is 0 Å². The number of hydrogen-bond donors (Lipinski definition) is 1. The van der Waals surface area contributed by atoms with Crippen LogP contribution in [0.2, 0.25) is 0 Å². The molecule has 0 unspecified atom stereocenters. The lowest BCUT2D eigenvalue weighted by atomic mass is 10.5. The second-order valence-corrected chi connectivity index (χ2v) is 5.02. The van der Waals surface area contributed by atoms with Crippen LogP contribution in [0.4, 0.5) is 0 Å². The molecular weight excluding hydrogens is 120 g/mol. The van der Waals surface area contributed by atoms with Gasteiger partial charge in [-0.3, -0.25) is 0 Å². The van der Waals surface area contributed by atoms with Crippen LogP contribution in [0.5, 0.6) is 0 Å². The Balaban J connectivity index is 3.46. The van der Waals surface area contributed by atoms with Crippen LogP contribution in [0.3, 0.4) is 0 Å². The molecule has 0 atom stereocenters. The molecule has 50 valence electrons. The van der Waals surface area contributed by atoms with Crippen molar-refractivity contribution in [1.82, 2.24) is 0 Å². The summed E-state index contributed by atoms with van der Waals surface area (Å²) >= 11 is -0.373. The van der Waals surface area contributed by atoms with Crippen LogP contribution >= 0.6 is 0 Å². The Morgan fingerprint density at radius 3 is 1.25 bits per heavy atom. The molecule has 0 rings (SSSR count). The topological polar surface area (TPSA) is 20.2 Å². The maximum atomic E-state index is 9.23. The monoisotopic (exact) mass is 135 g/mol. The zero-order valence-electron chi connectivity index (χ0n) is 6.01. The first kappa shape index (κ1) is 8.31. The van der Waals surface area contributed by atoms with Crippen LogP contribution in [0, 0.1) is 0 Å². The van der Waals surface area contributed by atoms with Gasteiger partial charge < -0.3 is 0 Å². The Kier molecular flexibility index (Phi) is 3.49. The summed E-state index contributed by atoms with van der Waals surface area (Å²) < 4.78 is 9.23. The van der Waals surface area contributed by atoms with E-state index in [0.29, 0.717) is 10.5 Å². The highest BCUT2D eigenvalue weighted by molar-refractivity contribution is 7.92. The normalized spacial score (nSPS) is 12.0. The van der Waals surface area contributed by atoms with Gasteiger partial charge in [-0.05, 0) is 27.7 Å². The van der Waals surface area contributed by atoms with E-state index >= 15 is 0 Å². The van der Waals surface area contributed by atoms with E-state index in [9.17, 15) is 4.55 Å². The van der Waals surface area contributed by atoms with E-state index in [4.69, 9.17) is 0 Å². The van der Waals surface area contributed by atoms with Crippen LogP contribution < -0.4 is 0 Å². The minimum Gasteiger partial charge on any atom is -0.187 e. The number of rotatable bonds is 2. The molecule has 0 saturated carbocycles. The summed E-state index contributed by atoms with van der Waals surface area (Å²) in [5, 5.41) is 0.852. The van der Waals surface area contributed by atoms with E-state index in [1.807, 2.05) is 27.7 Å². The lowest BCUT2D eigenvalue weighted by Crippen LogP contribution is -2.22. The largest absolute Gasteiger partial charge is 0.187 e. The predicted molar refractivity (Wildman–Crippen MR) is 40.3 cm³/mol. The molecule has 2 heteroatoms. The SMILES string of the molecule is CC(C)[S+](O)C(C)C. The summed E-state index contributed by atoms with van der Waals surface area (Å²) in [5.74, 6) is 0. The highest BCUT2D eigenvalue weighted by Crippen LogP contribution is 2.06. The van der Waals surface area contributed by atoms with Crippen molar-refractivity contribution in [3.05, 3.63) is 0 Å². The van der Waals surface area contributed by atoms with E-state index in [1.54, 1.807) is 0 Å². The first-order valence-electron chi connectivity index (χ1n) is 2.96. The molecule has 0 aliphatic heterocycles. The molecular formula is C6H15OS+. The van der Waals surface area contributed by atoms with Crippen molar-refractivity contribution in [3.8, 4) is 0 Å². The van der Waals surface area contributed by atoms with Crippen LogP contribution in [0.25, 0.3) is 0 Å². The van der Waals surface area contributed by atoms with Gasteiger partial charge in [0.05, 0.1) is 0 Å². The van der Waals surface area contributed by atoms with E-state index in [0.717, 1.165) is 0 Å². The van der Waals surface area contributed by atoms with E-state index in [2.05, 4.69) is 0 Å². The fourth-order valence-corrected chi connectivity index (χ4v) is 1.63. The molecule has 0 heterocycles. The molecule has 0 saturated heterocycles. The summed E-state index contributed by atoms with van der Waals surface area (Å²) in [5.41, 5.74) is 0. The molecule has 1 nitrogen and oxygen atoms in total. The van der Waals surface area contributed by atoms with E-state index in [1.165, 1.54) is 0 Å². The molecule has 0 radical (unpaired) electrons. The van der Waals surface area contributed by atoms with Crippen molar-refractivity contribution < 1.29 is 4.55 Å². The quantitative estimate of drug-likeness (QED) is 0.573. The lowest BCUT2D eigenvalue weighted by Gasteiger charge is -2.05. The molecule has 0 amide bonds. The van der Waals surface area contributed by atoms with Crippen molar-refractivity contribution in [2.75, 3.05) is 0 Å². The molecule has 0 fully saturated rings. The molecule has 0 aromatic rings. The smallest absolute Gasteiger partial charge is 0.148 e. The van der Waals surface area contributed by atoms with Gasteiger partial charge in [0.2, 0.25) is 0 Å². The summed E-state index contributed by atoms with van der Waals surface area (Å²) in [6.45, 7) is 8.18. The summed E-state index contributed by atoms with van der Waals surface area (Å²) in [6, 6.07) is 0. The van der Waals surface area contributed by atoms with Gasteiger partial charge in [0.1, 0.15) is 21.7 Å². The average molecular weight is 135 g/mol. The maximum absolute atomic E-state index is 9.23. The third-order valence-corrected chi connectivity index (χ3v) is 2.90. The second-order valence-electron chi connectivity index (χ2n) is 2.44. The molecule has 0 aliphatic carbocycles. The summed E-state index contributed by atoms with van der Waals surface area (Å²) in [7, 11) is 0. The third-order valence-electron chi connectivity index (χ3n) is 0.966. The Morgan fingerprint density at radius 2 is 1.25 bits per heavy atom. The molecule has 0 aliphatic rings. The van der Waals surface area contributed by atoms with Gasteiger partial charge in [0, 0.05) is 0 Å². The Morgan fingerprint density at radius 1 is 1.00 bits per heavy atom. The lowest BCUT2D eigenvalue weighted by molar-refractivity contribution is 0.618. The first-order chi connectivity index (χ1) is 3.55. The zero-order chi connectivity index (χ0) is 6.73. The highest BCUT2D eigenvalue weighted by atomic mass is 32.2. The van der Waals surface area contributed by atoms with Crippen LogP contribution in [0.15, 0.2) is 0 Å². The van der Waals surface area contributed by atoms with E-state index in [-0.39, 0.29) is 11.2 Å². The summed E-state index contributed by atoms with van der Waals surface area (Å²) in [6.07, 6.45) is 0. The average Bonchev–Trinajstić information content (AvgIpc) is 1.64. The minimum absolute atomic E-state index is 0.373. The fourth-order valence-electron chi connectivity index (χ4n) is 0.544. The molecule has 0 bridgehead atoms. The van der Waals surface area contributed by atoms with Gasteiger partial charge >= 0.3 is 0 Å². The Hall–Kier alpha value is 0.310. The molecule has 0 aromatic heterocycles. The molecule has 1 N–H and O–H groups in total. The third kappa shape index (κ3) is 2.58. The van der Waals surface area contributed by atoms with E-state index < -0.39 is 0 Å². The van der Waals surface area contributed by atoms with Crippen molar-refractivity contribution in [2.45, 2.75) is 38.2 Å². The first-order valence-corrected chi connectivity index (χ1v) is 4.27. The molecule has 0 spiro atoms. The van der Waals surface area contributed by atoms with Gasteiger partial charge in [0.25, 0.3) is 0 Å². The Labute approximate surface area is 54.7 Å². The predicted octanol–water partition coefficient (Wildman–Crippen LogP) is 1.89. The van der Waals surface area contributed by atoms with Gasteiger partial charge in [0.15, 0.2) is 0 Å². The zero-order valence-corrected chi connectivity index (χ0v) is 6.83. The molecule has 8 heavy (non-hydrogen) atoms.